The number of nitrogens with zero attached hydrogens (tertiary/aromatic N) is 1. The number of hydrogen-bond acceptors (Lipinski definition) is 2. The van der Waals surface area contributed by atoms with Gasteiger partial charge in [0.15, 0.2) is 0 Å². The summed E-state index contributed by atoms with van der Waals surface area (Å²) in [6.45, 7) is 6.09. The number of rotatable bonds is 3. The fraction of sp³-hybridized carbons (Fsp3) is 0.647. The Bertz CT molecular complexity index is 466. The summed E-state index contributed by atoms with van der Waals surface area (Å²) in [4.78, 5) is 2.74. The Hall–Kier alpha value is -0.860. The van der Waals surface area contributed by atoms with Crippen LogP contribution in [0, 0.1) is 5.92 Å². The lowest BCUT2D eigenvalue weighted by Crippen LogP contribution is -2.57. The fourth-order valence-corrected chi connectivity index (χ4v) is 3.83. The molecule has 0 amide bonds. The minimum absolute atomic E-state index is 0.697. The maximum absolute atomic E-state index is 3.75. The molecule has 4 rings (SSSR count). The maximum atomic E-state index is 3.75. The maximum Gasteiger partial charge on any atom is 0.0224 e. The van der Waals surface area contributed by atoms with E-state index in [1.54, 1.807) is 11.1 Å². The number of nitrogens with one attached hydrogen (secondary N) is 1. The predicted molar refractivity (Wildman–Crippen MR) is 78.4 cm³/mol. The topological polar surface area (TPSA) is 15.3 Å². The van der Waals surface area contributed by atoms with Crippen LogP contribution in [0.15, 0.2) is 24.3 Å². The van der Waals surface area contributed by atoms with Gasteiger partial charge in [0, 0.05) is 37.6 Å². The molecule has 2 fully saturated rings. The second-order valence-electron chi connectivity index (χ2n) is 6.75. The Morgan fingerprint density at radius 2 is 2.11 bits per heavy atom. The van der Waals surface area contributed by atoms with E-state index in [9.17, 15) is 0 Å². The van der Waals surface area contributed by atoms with Gasteiger partial charge >= 0.3 is 0 Å². The highest BCUT2D eigenvalue weighted by Gasteiger charge is 2.37. The second-order valence-corrected chi connectivity index (χ2v) is 6.75. The summed E-state index contributed by atoms with van der Waals surface area (Å²) in [5, 5.41) is 3.75. The lowest BCUT2D eigenvalue weighted by atomic mass is 9.77. The van der Waals surface area contributed by atoms with E-state index in [2.05, 4.69) is 41.4 Å². The smallest absolute Gasteiger partial charge is 0.0224 e. The lowest BCUT2D eigenvalue weighted by molar-refractivity contribution is 0.121. The Morgan fingerprint density at radius 3 is 2.89 bits per heavy atom. The minimum Gasteiger partial charge on any atom is -0.311 e. The lowest BCUT2D eigenvalue weighted by Gasteiger charge is -2.43. The molecule has 1 saturated carbocycles. The quantitative estimate of drug-likeness (QED) is 0.893. The van der Waals surface area contributed by atoms with Gasteiger partial charge in [-0.3, -0.25) is 4.90 Å². The molecule has 1 saturated heterocycles. The summed E-state index contributed by atoms with van der Waals surface area (Å²) >= 11 is 0. The molecule has 2 nitrogen and oxygen atoms in total. The van der Waals surface area contributed by atoms with Gasteiger partial charge in [-0.25, -0.2) is 0 Å². The highest BCUT2D eigenvalue weighted by molar-refractivity contribution is 5.40. The van der Waals surface area contributed by atoms with E-state index in [1.165, 1.54) is 38.9 Å². The van der Waals surface area contributed by atoms with Gasteiger partial charge in [-0.15, -0.1) is 0 Å². The van der Waals surface area contributed by atoms with Gasteiger partial charge in [0.2, 0.25) is 0 Å². The first kappa shape index (κ1) is 11.9. The molecule has 0 spiro atoms. The van der Waals surface area contributed by atoms with Crippen molar-refractivity contribution in [3.63, 3.8) is 0 Å². The molecular weight excluding hydrogens is 232 g/mol. The van der Waals surface area contributed by atoms with Gasteiger partial charge in [-0.05, 0) is 43.2 Å². The molecule has 3 atom stereocenters. The third-order valence-corrected chi connectivity index (χ3v) is 5.34. The van der Waals surface area contributed by atoms with Crippen molar-refractivity contribution in [3.8, 4) is 0 Å². The van der Waals surface area contributed by atoms with Crippen molar-refractivity contribution >= 4 is 0 Å². The average Bonchev–Trinajstić information content (AvgIpc) is 3.22. The predicted octanol–water partition coefficient (Wildman–Crippen LogP) is 2.40. The first-order valence-electron chi connectivity index (χ1n) is 7.86. The molecule has 3 aliphatic rings. The monoisotopic (exact) mass is 256 g/mol. The summed E-state index contributed by atoms with van der Waals surface area (Å²) in [5.74, 6) is 1.76. The molecular formula is C17H24N2. The van der Waals surface area contributed by atoms with Crippen molar-refractivity contribution in [1.29, 1.82) is 0 Å². The van der Waals surface area contributed by atoms with Crippen molar-refractivity contribution in [2.75, 3.05) is 19.6 Å². The van der Waals surface area contributed by atoms with Gasteiger partial charge in [0.25, 0.3) is 0 Å². The van der Waals surface area contributed by atoms with Gasteiger partial charge < -0.3 is 5.32 Å². The normalized spacial score (nSPS) is 34.7. The number of fused-ring (bicyclic) bond motifs is 1. The van der Waals surface area contributed by atoms with Crippen molar-refractivity contribution < 1.29 is 0 Å². The van der Waals surface area contributed by atoms with E-state index >= 15 is 0 Å². The van der Waals surface area contributed by atoms with E-state index in [-0.39, 0.29) is 0 Å². The minimum atomic E-state index is 0.697. The van der Waals surface area contributed by atoms with Crippen LogP contribution in [0.4, 0.5) is 0 Å². The molecule has 0 radical (unpaired) electrons. The molecule has 1 aliphatic heterocycles. The van der Waals surface area contributed by atoms with E-state index < -0.39 is 0 Å². The number of piperazine rings is 1. The average molecular weight is 256 g/mol. The van der Waals surface area contributed by atoms with E-state index in [4.69, 9.17) is 0 Å². The summed E-state index contributed by atoms with van der Waals surface area (Å²) in [5.41, 5.74) is 3.19. The summed E-state index contributed by atoms with van der Waals surface area (Å²) < 4.78 is 0. The van der Waals surface area contributed by atoms with Crippen LogP contribution in [0.3, 0.4) is 0 Å². The molecule has 1 N–H and O–H groups in total. The van der Waals surface area contributed by atoms with Crippen LogP contribution >= 0.6 is 0 Å². The van der Waals surface area contributed by atoms with Crippen LogP contribution in [-0.4, -0.2) is 36.6 Å². The van der Waals surface area contributed by atoms with Gasteiger partial charge in [-0.1, -0.05) is 24.3 Å². The Kier molecular flexibility index (Phi) is 2.89. The Labute approximate surface area is 116 Å². The summed E-state index contributed by atoms with van der Waals surface area (Å²) in [7, 11) is 0. The molecule has 3 unspecified atom stereocenters. The fourth-order valence-electron chi connectivity index (χ4n) is 3.83. The van der Waals surface area contributed by atoms with Crippen molar-refractivity contribution in [3.05, 3.63) is 35.4 Å². The first-order valence-corrected chi connectivity index (χ1v) is 7.86. The molecule has 0 bridgehead atoms. The van der Waals surface area contributed by atoms with Crippen LogP contribution in [0.5, 0.6) is 0 Å². The molecule has 2 heteroatoms. The molecule has 1 heterocycles. The largest absolute Gasteiger partial charge is 0.311 e. The van der Waals surface area contributed by atoms with Crippen LogP contribution in [0.25, 0.3) is 0 Å². The molecule has 0 aromatic heterocycles. The summed E-state index contributed by atoms with van der Waals surface area (Å²) in [6.07, 6.45) is 4.19. The molecule has 19 heavy (non-hydrogen) atoms. The first-order chi connectivity index (χ1) is 9.31. The third-order valence-electron chi connectivity index (χ3n) is 5.34. The van der Waals surface area contributed by atoms with E-state index in [0.717, 1.165) is 17.9 Å². The van der Waals surface area contributed by atoms with E-state index in [1.807, 2.05) is 0 Å². The zero-order chi connectivity index (χ0) is 12.8. The zero-order valence-corrected chi connectivity index (χ0v) is 11.8. The SMILES string of the molecule is CC1CNC(C2CC2)CN1CC1Cc2ccccc21. The van der Waals surface area contributed by atoms with E-state index in [0.29, 0.717) is 6.04 Å². The van der Waals surface area contributed by atoms with Gasteiger partial charge in [-0.2, -0.15) is 0 Å². The van der Waals surface area contributed by atoms with Crippen LogP contribution in [-0.2, 0) is 6.42 Å². The number of benzene rings is 1. The third kappa shape index (κ3) is 2.21. The van der Waals surface area contributed by atoms with Gasteiger partial charge in [0.05, 0.1) is 0 Å². The summed E-state index contributed by atoms with van der Waals surface area (Å²) in [6, 6.07) is 10.5. The van der Waals surface area contributed by atoms with Crippen molar-refractivity contribution in [2.24, 2.45) is 5.92 Å². The van der Waals surface area contributed by atoms with Crippen molar-refractivity contribution in [1.82, 2.24) is 10.2 Å². The molecule has 2 aliphatic carbocycles. The molecule has 102 valence electrons. The van der Waals surface area contributed by atoms with Crippen LogP contribution in [0.1, 0.15) is 36.8 Å². The highest BCUT2D eigenvalue weighted by Crippen LogP contribution is 2.37. The Balaban J connectivity index is 1.42. The van der Waals surface area contributed by atoms with Crippen molar-refractivity contribution in [2.45, 2.75) is 44.2 Å². The van der Waals surface area contributed by atoms with Crippen LogP contribution in [0.2, 0.25) is 0 Å². The molecule has 1 aromatic rings. The highest BCUT2D eigenvalue weighted by atomic mass is 15.2. The molecule has 1 aromatic carbocycles. The Morgan fingerprint density at radius 1 is 1.26 bits per heavy atom. The number of hydrogen-bond donors (Lipinski definition) is 1. The standard InChI is InChI=1S/C17H24N2/c1-12-9-18-17(13-6-7-13)11-19(12)10-15-8-14-4-2-3-5-16(14)15/h2-5,12-13,15,17-18H,6-11H2,1H3. The second kappa shape index (κ2) is 4.60. The van der Waals surface area contributed by atoms with Crippen LogP contribution < -0.4 is 5.32 Å². The van der Waals surface area contributed by atoms with Gasteiger partial charge in [0.1, 0.15) is 0 Å². The zero-order valence-electron chi connectivity index (χ0n) is 11.8.